The summed E-state index contributed by atoms with van der Waals surface area (Å²) in [4.78, 5) is 15.0. The molecular weight excluding hydrogens is 341 g/mol. The van der Waals surface area contributed by atoms with Crippen molar-refractivity contribution in [2.24, 2.45) is 5.92 Å². The first kappa shape index (κ1) is 19.7. The van der Waals surface area contributed by atoms with Gasteiger partial charge in [-0.25, -0.2) is 4.39 Å². The van der Waals surface area contributed by atoms with E-state index in [1.807, 2.05) is 0 Å². The molecule has 0 N–H and O–H groups in total. The van der Waals surface area contributed by atoms with Gasteiger partial charge in [0.05, 0.1) is 6.10 Å². The van der Waals surface area contributed by atoms with Crippen LogP contribution >= 0.6 is 0 Å². The molecule has 0 radical (unpaired) electrons. The molecule has 0 unspecified atom stereocenters. The molecule has 1 aliphatic heterocycles. The molecule has 1 atom stereocenters. The van der Waals surface area contributed by atoms with Crippen molar-refractivity contribution in [1.82, 2.24) is 4.90 Å². The van der Waals surface area contributed by atoms with E-state index in [4.69, 9.17) is 4.74 Å². The first-order chi connectivity index (χ1) is 13.1. The number of ketones is 1. The summed E-state index contributed by atoms with van der Waals surface area (Å²) in [6, 6.07) is 14.5. The Balaban J connectivity index is 1.54. The van der Waals surface area contributed by atoms with E-state index in [2.05, 4.69) is 36.1 Å². The Kier molecular flexibility index (Phi) is 6.75. The van der Waals surface area contributed by atoms with Gasteiger partial charge in [0, 0.05) is 25.1 Å². The molecule has 0 amide bonds. The smallest absolute Gasteiger partial charge is 0.166 e. The van der Waals surface area contributed by atoms with E-state index in [1.54, 1.807) is 19.2 Å². The number of hydrogen-bond acceptors (Lipinski definition) is 3. The molecule has 1 fully saturated rings. The minimum absolute atomic E-state index is 0.0246. The Morgan fingerprint density at radius 3 is 2.30 bits per heavy atom. The summed E-state index contributed by atoms with van der Waals surface area (Å²) >= 11 is 0. The molecule has 0 aliphatic carbocycles. The third-order valence-electron chi connectivity index (χ3n) is 5.56. The van der Waals surface area contributed by atoms with Crippen LogP contribution in [0.3, 0.4) is 0 Å². The minimum Gasteiger partial charge on any atom is -0.375 e. The zero-order chi connectivity index (χ0) is 19.2. The number of piperidine rings is 1. The van der Waals surface area contributed by atoms with Crippen LogP contribution in [0.2, 0.25) is 0 Å². The van der Waals surface area contributed by atoms with Gasteiger partial charge >= 0.3 is 0 Å². The predicted octanol–water partition coefficient (Wildman–Crippen LogP) is 4.67. The van der Waals surface area contributed by atoms with E-state index < -0.39 is 0 Å². The second-order valence-electron chi connectivity index (χ2n) is 7.27. The summed E-state index contributed by atoms with van der Waals surface area (Å²) in [6.07, 6.45) is 2.75. The fourth-order valence-electron chi connectivity index (χ4n) is 3.75. The number of ether oxygens (including phenoxy) is 1. The van der Waals surface area contributed by atoms with Gasteiger partial charge < -0.3 is 9.64 Å². The van der Waals surface area contributed by atoms with Gasteiger partial charge in [-0.1, -0.05) is 31.2 Å². The van der Waals surface area contributed by atoms with Crippen molar-refractivity contribution in [2.45, 2.75) is 32.3 Å². The second kappa shape index (κ2) is 9.25. The lowest BCUT2D eigenvalue weighted by molar-refractivity contribution is 0.0485. The number of aryl methyl sites for hydroxylation is 1. The van der Waals surface area contributed by atoms with Crippen molar-refractivity contribution in [1.29, 1.82) is 0 Å². The van der Waals surface area contributed by atoms with Crippen LogP contribution in [0.1, 0.15) is 47.4 Å². The van der Waals surface area contributed by atoms with Gasteiger partial charge in [-0.05, 0) is 67.7 Å². The molecular formula is C23H28FNO2. The lowest BCUT2D eigenvalue weighted by Crippen LogP contribution is -2.39. The predicted molar refractivity (Wildman–Crippen MR) is 105 cm³/mol. The number of nitrogens with zero attached hydrogens (tertiary/aromatic N) is 1. The van der Waals surface area contributed by atoms with E-state index in [0.717, 1.165) is 38.9 Å². The lowest BCUT2D eigenvalue weighted by atomic mass is 9.88. The quantitative estimate of drug-likeness (QED) is 0.664. The number of methoxy groups -OCH3 is 1. The number of Topliss-reactive ketones (excluding diaryl/α,β-unsaturated/α-hetero) is 1. The first-order valence-electron chi connectivity index (χ1n) is 9.74. The third kappa shape index (κ3) is 5.02. The maximum Gasteiger partial charge on any atom is 0.166 e. The van der Waals surface area contributed by atoms with Crippen LogP contribution < -0.4 is 0 Å². The maximum absolute atomic E-state index is 13.1. The van der Waals surface area contributed by atoms with Gasteiger partial charge in [0.15, 0.2) is 5.78 Å². The molecule has 1 heterocycles. The van der Waals surface area contributed by atoms with Crippen LogP contribution in [-0.4, -0.2) is 37.4 Å². The minimum atomic E-state index is -0.307. The highest BCUT2D eigenvalue weighted by molar-refractivity contribution is 5.97. The van der Waals surface area contributed by atoms with E-state index >= 15 is 0 Å². The Morgan fingerprint density at radius 2 is 1.74 bits per heavy atom. The summed E-state index contributed by atoms with van der Waals surface area (Å²) in [5, 5.41) is 0. The summed E-state index contributed by atoms with van der Waals surface area (Å²) in [5.41, 5.74) is 3.13. The third-order valence-corrected chi connectivity index (χ3v) is 5.56. The van der Waals surface area contributed by atoms with Crippen molar-refractivity contribution in [3.63, 3.8) is 0 Å². The highest BCUT2D eigenvalue weighted by Gasteiger charge is 2.27. The van der Waals surface area contributed by atoms with Gasteiger partial charge in [-0.3, -0.25) is 4.79 Å². The zero-order valence-corrected chi connectivity index (χ0v) is 16.2. The van der Waals surface area contributed by atoms with Crippen LogP contribution in [0.5, 0.6) is 0 Å². The van der Waals surface area contributed by atoms with Gasteiger partial charge in [-0.2, -0.15) is 0 Å². The standard InChI is InChI=1S/C23H28FNO2/c1-3-17-4-6-18(7-5-17)22(27-2)16-25-14-12-20(13-15-25)23(26)19-8-10-21(24)11-9-19/h4-11,20,22H,3,12-16H2,1-2H3/t22-/m0/s1. The van der Waals surface area contributed by atoms with E-state index in [9.17, 15) is 9.18 Å². The number of likely N-dealkylation sites (tertiary alicyclic amines) is 1. The summed E-state index contributed by atoms with van der Waals surface area (Å²) in [7, 11) is 1.75. The fourth-order valence-corrected chi connectivity index (χ4v) is 3.75. The average Bonchev–Trinajstić information content (AvgIpc) is 2.72. The molecule has 0 bridgehead atoms. The summed E-state index contributed by atoms with van der Waals surface area (Å²) in [6.45, 7) is 4.74. The summed E-state index contributed by atoms with van der Waals surface area (Å²) < 4.78 is 18.8. The van der Waals surface area contributed by atoms with Crippen molar-refractivity contribution < 1.29 is 13.9 Å². The number of benzene rings is 2. The Hall–Kier alpha value is -2.04. The zero-order valence-electron chi connectivity index (χ0n) is 16.2. The number of rotatable bonds is 7. The molecule has 2 aromatic carbocycles. The molecule has 0 aromatic heterocycles. The van der Waals surface area contributed by atoms with Crippen LogP contribution in [0, 0.1) is 11.7 Å². The SMILES string of the molecule is CCc1ccc([C@H](CN2CCC(C(=O)c3ccc(F)cc3)CC2)OC)cc1. The molecule has 0 spiro atoms. The van der Waals surface area contributed by atoms with Crippen molar-refractivity contribution in [3.05, 3.63) is 71.0 Å². The Morgan fingerprint density at radius 1 is 1.11 bits per heavy atom. The Labute approximate surface area is 161 Å². The van der Waals surface area contributed by atoms with Gasteiger partial charge in [-0.15, -0.1) is 0 Å². The number of carbonyl (C=O) groups excluding carboxylic acids is 1. The molecule has 2 aromatic rings. The number of hydrogen-bond donors (Lipinski definition) is 0. The number of halogens is 1. The molecule has 3 rings (SSSR count). The molecule has 27 heavy (non-hydrogen) atoms. The van der Waals surface area contributed by atoms with Crippen molar-refractivity contribution in [2.75, 3.05) is 26.7 Å². The largest absolute Gasteiger partial charge is 0.375 e. The molecule has 144 valence electrons. The number of carbonyl (C=O) groups is 1. The summed E-state index contributed by atoms with van der Waals surface area (Å²) in [5.74, 6) is -0.149. The lowest BCUT2D eigenvalue weighted by Gasteiger charge is -2.33. The topological polar surface area (TPSA) is 29.5 Å². The van der Waals surface area contributed by atoms with Crippen LogP contribution in [0.25, 0.3) is 0 Å². The van der Waals surface area contributed by atoms with E-state index in [0.29, 0.717) is 5.56 Å². The van der Waals surface area contributed by atoms with E-state index in [1.165, 1.54) is 23.3 Å². The van der Waals surface area contributed by atoms with Crippen LogP contribution in [-0.2, 0) is 11.2 Å². The molecule has 1 saturated heterocycles. The van der Waals surface area contributed by atoms with Crippen molar-refractivity contribution >= 4 is 5.78 Å². The fraction of sp³-hybridized carbons (Fsp3) is 0.435. The Bertz CT molecular complexity index is 734. The molecule has 0 saturated carbocycles. The molecule has 3 nitrogen and oxygen atoms in total. The molecule has 4 heteroatoms. The maximum atomic E-state index is 13.1. The normalized spacial score (nSPS) is 17.0. The average molecular weight is 369 g/mol. The molecule has 1 aliphatic rings. The van der Waals surface area contributed by atoms with Gasteiger partial charge in [0.25, 0.3) is 0 Å². The van der Waals surface area contributed by atoms with Gasteiger partial charge in [0.1, 0.15) is 5.82 Å². The first-order valence-corrected chi connectivity index (χ1v) is 9.74. The van der Waals surface area contributed by atoms with Gasteiger partial charge in [0.2, 0.25) is 0 Å². The highest BCUT2D eigenvalue weighted by atomic mass is 19.1. The van der Waals surface area contributed by atoms with E-state index in [-0.39, 0.29) is 23.6 Å². The monoisotopic (exact) mass is 369 g/mol. The van der Waals surface area contributed by atoms with Crippen LogP contribution in [0.15, 0.2) is 48.5 Å². The van der Waals surface area contributed by atoms with Crippen molar-refractivity contribution in [3.8, 4) is 0 Å². The second-order valence-corrected chi connectivity index (χ2v) is 7.27. The van der Waals surface area contributed by atoms with Crippen LogP contribution in [0.4, 0.5) is 4.39 Å². The highest BCUT2D eigenvalue weighted by Crippen LogP contribution is 2.25.